The van der Waals surface area contributed by atoms with Crippen molar-refractivity contribution in [2.24, 2.45) is 11.8 Å². The average molecular weight is 275 g/mol. The first kappa shape index (κ1) is 15.4. The van der Waals surface area contributed by atoms with Crippen LogP contribution in [0.15, 0.2) is 24.3 Å². The Kier molecular flexibility index (Phi) is 5.90. The minimum Gasteiger partial charge on any atom is -0.497 e. The van der Waals surface area contributed by atoms with E-state index in [9.17, 15) is 0 Å². The molecule has 1 aliphatic carbocycles. The lowest BCUT2D eigenvalue weighted by atomic mass is 9.77. The van der Waals surface area contributed by atoms with Gasteiger partial charge in [0.1, 0.15) is 5.75 Å². The van der Waals surface area contributed by atoms with Gasteiger partial charge in [-0.1, -0.05) is 38.8 Å². The van der Waals surface area contributed by atoms with E-state index in [1.807, 2.05) is 0 Å². The summed E-state index contributed by atoms with van der Waals surface area (Å²) in [7, 11) is 1.72. The Bertz CT molecular complexity index is 379. The third-order valence-electron chi connectivity index (χ3n) is 4.71. The molecule has 112 valence electrons. The summed E-state index contributed by atoms with van der Waals surface area (Å²) in [6, 6.07) is 9.17. The zero-order chi connectivity index (χ0) is 14.4. The van der Waals surface area contributed by atoms with Crippen molar-refractivity contribution in [1.29, 1.82) is 0 Å². The molecular formula is C18H29NO. The fourth-order valence-corrected chi connectivity index (χ4v) is 3.37. The van der Waals surface area contributed by atoms with Crippen LogP contribution in [0.3, 0.4) is 0 Å². The lowest BCUT2D eigenvalue weighted by molar-refractivity contribution is 0.230. The molecule has 0 bridgehead atoms. The number of methoxy groups -OCH3 is 1. The monoisotopic (exact) mass is 275 g/mol. The first-order valence-electron chi connectivity index (χ1n) is 8.09. The minimum absolute atomic E-state index is 0.626. The van der Waals surface area contributed by atoms with Crippen molar-refractivity contribution in [1.82, 2.24) is 5.32 Å². The smallest absolute Gasteiger partial charge is 0.118 e. The van der Waals surface area contributed by atoms with Crippen LogP contribution in [-0.4, -0.2) is 19.7 Å². The summed E-state index contributed by atoms with van der Waals surface area (Å²) in [4.78, 5) is 0. The largest absolute Gasteiger partial charge is 0.497 e. The fourth-order valence-electron chi connectivity index (χ4n) is 3.37. The van der Waals surface area contributed by atoms with E-state index < -0.39 is 0 Å². The summed E-state index contributed by atoms with van der Waals surface area (Å²) in [5.74, 6) is 2.71. The Morgan fingerprint density at radius 3 is 2.35 bits per heavy atom. The highest BCUT2D eigenvalue weighted by Gasteiger charge is 2.25. The molecule has 1 aliphatic rings. The Morgan fingerprint density at radius 1 is 1.15 bits per heavy atom. The molecule has 1 unspecified atom stereocenters. The van der Waals surface area contributed by atoms with Crippen molar-refractivity contribution in [2.45, 2.75) is 52.0 Å². The Hall–Kier alpha value is -1.02. The van der Waals surface area contributed by atoms with Gasteiger partial charge in [0.2, 0.25) is 0 Å². The minimum atomic E-state index is 0.626. The maximum absolute atomic E-state index is 5.23. The van der Waals surface area contributed by atoms with Crippen molar-refractivity contribution in [3.63, 3.8) is 0 Å². The molecule has 1 N–H and O–H groups in total. The average Bonchev–Trinajstić information content (AvgIpc) is 2.48. The molecule has 1 atom stereocenters. The van der Waals surface area contributed by atoms with Gasteiger partial charge in [-0.2, -0.15) is 0 Å². The Balaban J connectivity index is 1.97. The van der Waals surface area contributed by atoms with Crippen LogP contribution in [0.5, 0.6) is 5.75 Å². The second-order valence-electron chi connectivity index (χ2n) is 6.24. The van der Waals surface area contributed by atoms with E-state index in [1.54, 1.807) is 7.11 Å². The number of hydrogen-bond acceptors (Lipinski definition) is 2. The number of hydrogen-bond donors (Lipinski definition) is 1. The highest BCUT2D eigenvalue weighted by Crippen LogP contribution is 2.31. The highest BCUT2D eigenvalue weighted by molar-refractivity contribution is 5.27. The van der Waals surface area contributed by atoms with Crippen LogP contribution >= 0.6 is 0 Å². The van der Waals surface area contributed by atoms with E-state index in [0.717, 1.165) is 30.6 Å². The maximum Gasteiger partial charge on any atom is 0.118 e. The van der Waals surface area contributed by atoms with Crippen LogP contribution < -0.4 is 10.1 Å². The summed E-state index contributed by atoms with van der Waals surface area (Å²) in [6.07, 6.45) is 6.70. The van der Waals surface area contributed by atoms with Crippen molar-refractivity contribution in [2.75, 3.05) is 13.7 Å². The van der Waals surface area contributed by atoms with E-state index in [-0.39, 0.29) is 0 Å². The lowest BCUT2D eigenvalue weighted by Gasteiger charge is -2.33. The van der Waals surface area contributed by atoms with Gasteiger partial charge in [-0.25, -0.2) is 0 Å². The Morgan fingerprint density at radius 2 is 1.80 bits per heavy atom. The molecule has 0 saturated heterocycles. The molecule has 0 amide bonds. The third-order valence-corrected chi connectivity index (χ3v) is 4.71. The van der Waals surface area contributed by atoms with E-state index in [4.69, 9.17) is 4.74 Å². The number of rotatable bonds is 6. The number of likely N-dealkylation sites (N-methyl/N-ethyl adjacent to an activating group) is 1. The first-order chi connectivity index (χ1) is 9.72. The molecule has 0 aromatic heterocycles. The van der Waals surface area contributed by atoms with Gasteiger partial charge in [0.05, 0.1) is 7.11 Å². The number of nitrogens with one attached hydrogen (secondary N) is 1. The van der Waals surface area contributed by atoms with Crippen molar-refractivity contribution < 1.29 is 4.74 Å². The van der Waals surface area contributed by atoms with E-state index in [2.05, 4.69) is 43.4 Å². The summed E-state index contributed by atoms with van der Waals surface area (Å²) in [5.41, 5.74) is 1.41. The van der Waals surface area contributed by atoms with Gasteiger partial charge >= 0.3 is 0 Å². The second kappa shape index (κ2) is 7.68. The van der Waals surface area contributed by atoms with Crippen LogP contribution in [0.1, 0.15) is 45.1 Å². The normalized spacial score (nSPS) is 24.4. The standard InChI is InChI=1S/C18H29NO/c1-4-19-18(16-9-5-14(2)6-10-16)13-15-7-11-17(20-3)12-8-15/h7-8,11-12,14,16,18-19H,4-6,9-10,13H2,1-3H3. The number of benzene rings is 1. The van der Waals surface area contributed by atoms with Crippen molar-refractivity contribution in [3.05, 3.63) is 29.8 Å². The summed E-state index contributed by atoms with van der Waals surface area (Å²) in [6.45, 7) is 5.67. The molecular weight excluding hydrogens is 246 g/mol. The molecule has 2 nitrogen and oxygen atoms in total. The molecule has 1 saturated carbocycles. The number of ether oxygens (including phenoxy) is 1. The summed E-state index contributed by atoms with van der Waals surface area (Å²) in [5, 5.41) is 3.71. The van der Waals surface area contributed by atoms with Gasteiger partial charge in [-0.3, -0.25) is 0 Å². The maximum atomic E-state index is 5.23. The molecule has 0 spiro atoms. The van der Waals surface area contributed by atoms with Crippen LogP contribution in [0, 0.1) is 11.8 Å². The second-order valence-corrected chi connectivity index (χ2v) is 6.24. The highest BCUT2D eigenvalue weighted by atomic mass is 16.5. The topological polar surface area (TPSA) is 21.3 Å². The zero-order valence-electron chi connectivity index (χ0n) is 13.2. The van der Waals surface area contributed by atoms with Gasteiger partial charge in [0.15, 0.2) is 0 Å². The lowest BCUT2D eigenvalue weighted by Crippen LogP contribution is -2.39. The van der Waals surface area contributed by atoms with E-state index in [1.165, 1.54) is 31.2 Å². The molecule has 0 radical (unpaired) electrons. The molecule has 2 rings (SSSR count). The quantitative estimate of drug-likeness (QED) is 0.846. The SMILES string of the molecule is CCNC(Cc1ccc(OC)cc1)C1CCC(C)CC1. The van der Waals surface area contributed by atoms with Crippen LogP contribution in [0.4, 0.5) is 0 Å². The molecule has 1 aromatic rings. The zero-order valence-corrected chi connectivity index (χ0v) is 13.2. The van der Waals surface area contributed by atoms with Crippen LogP contribution in [-0.2, 0) is 6.42 Å². The van der Waals surface area contributed by atoms with Crippen LogP contribution in [0.25, 0.3) is 0 Å². The molecule has 20 heavy (non-hydrogen) atoms. The fraction of sp³-hybridized carbons (Fsp3) is 0.667. The predicted octanol–water partition coefficient (Wildman–Crippen LogP) is 4.04. The van der Waals surface area contributed by atoms with Gasteiger partial charge in [0, 0.05) is 6.04 Å². The summed E-state index contributed by atoms with van der Waals surface area (Å²) >= 11 is 0. The van der Waals surface area contributed by atoms with Crippen LogP contribution in [0.2, 0.25) is 0 Å². The van der Waals surface area contributed by atoms with Gasteiger partial charge < -0.3 is 10.1 Å². The molecule has 1 fully saturated rings. The van der Waals surface area contributed by atoms with Crippen molar-refractivity contribution >= 4 is 0 Å². The third kappa shape index (κ3) is 4.24. The van der Waals surface area contributed by atoms with Gasteiger partial charge in [0.25, 0.3) is 0 Å². The first-order valence-corrected chi connectivity index (χ1v) is 8.09. The molecule has 1 aromatic carbocycles. The molecule has 0 aliphatic heterocycles. The predicted molar refractivity (Wildman–Crippen MR) is 85.3 cm³/mol. The Labute approximate surface area is 123 Å². The van der Waals surface area contributed by atoms with Crippen molar-refractivity contribution in [3.8, 4) is 5.75 Å². The van der Waals surface area contributed by atoms with E-state index in [0.29, 0.717) is 6.04 Å². The van der Waals surface area contributed by atoms with Gasteiger partial charge in [-0.15, -0.1) is 0 Å². The molecule has 0 heterocycles. The van der Waals surface area contributed by atoms with E-state index >= 15 is 0 Å². The molecule has 2 heteroatoms. The van der Waals surface area contributed by atoms with Gasteiger partial charge in [-0.05, 0) is 55.3 Å². The summed E-state index contributed by atoms with van der Waals surface area (Å²) < 4.78 is 5.23.